The van der Waals surface area contributed by atoms with Crippen molar-refractivity contribution in [1.82, 2.24) is 5.32 Å². The molecule has 5 rings (SSSR count). The van der Waals surface area contributed by atoms with E-state index in [0.29, 0.717) is 0 Å². The maximum atomic E-state index is 13.2. The predicted octanol–water partition coefficient (Wildman–Crippen LogP) is 0.694. The molecule has 1 aromatic rings. The Morgan fingerprint density at radius 1 is 1.16 bits per heavy atom. The molecule has 4 fully saturated rings. The van der Waals surface area contributed by atoms with E-state index in [2.05, 4.69) is 5.32 Å². The zero-order valence-electron chi connectivity index (χ0n) is 17.3. The van der Waals surface area contributed by atoms with Crippen LogP contribution >= 0.6 is 0 Å². The Kier molecular flexibility index (Phi) is 3.77. The summed E-state index contributed by atoms with van der Waals surface area (Å²) >= 11 is 0. The first-order chi connectivity index (χ1) is 14.5. The van der Waals surface area contributed by atoms with Gasteiger partial charge in [-0.15, -0.1) is 0 Å². The van der Waals surface area contributed by atoms with Crippen LogP contribution < -0.4 is 5.32 Å². The van der Waals surface area contributed by atoms with Crippen LogP contribution in [0, 0.1) is 16.2 Å². The fourth-order valence-electron chi connectivity index (χ4n) is 6.17. The molecule has 9 nitrogen and oxygen atoms in total. The van der Waals surface area contributed by atoms with Crippen LogP contribution in [0.25, 0.3) is 0 Å². The van der Waals surface area contributed by atoms with Crippen molar-refractivity contribution in [2.24, 2.45) is 16.2 Å². The molecule has 31 heavy (non-hydrogen) atoms. The summed E-state index contributed by atoms with van der Waals surface area (Å²) in [6, 6.07) is 8.10. The Hall–Kier alpha value is -2.94. The van der Waals surface area contributed by atoms with Crippen LogP contribution in [0.3, 0.4) is 0 Å². The molecule has 1 aliphatic carbocycles. The first-order valence-electron chi connectivity index (χ1n) is 10.2. The van der Waals surface area contributed by atoms with Crippen molar-refractivity contribution in [3.8, 4) is 0 Å². The van der Waals surface area contributed by atoms with Crippen molar-refractivity contribution >= 4 is 23.8 Å². The molecule has 3 heterocycles. The van der Waals surface area contributed by atoms with Gasteiger partial charge in [-0.1, -0.05) is 39.0 Å². The summed E-state index contributed by atoms with van der Waals surface area (Å²) in [4.78, 5) is 51.4. The lowest BCUT2D eigenvalue weighted by molar-refractivity contribution is -0.205. The monoisotopic (exact) mass is 429 g/mol. The number of rotatable bonds is 2. The average Bonchev–Trinajstić information content (AvgIpc) is 3.30. The molecular formula is C22H23NO8. The minimum atomic E-state index is -1.73. The van der Waals surface area contributed by atoms with Crippen molar-refractivity contribution in [3.63, 3.8) is 0 Å². The molecular weight excluding hydrogens is 406 g/mol. The highest BCUT2D eigenvalue weighted by molar-refractivity contribution is 5.99. The predicted molar refractivity (Wildman–Crippen MR) is 102 cm³/mol. The Bertz CT molecular complexity index is 1020. The first kappa shape index (κ1) is 20.0. The molecule has 164 valence electrons. The molecule has 0 bridgehead atoms. The van der Waals surface area contributed by atoms with Gasteiger partial charge in [-0.3, -0.25) is 14.4 Å². The number of carbonyl (C=O) groups excluding carboxylic acids is 4. The van der Waals surface area contributed by atoms with Crippen molar-refractivity contribution in [1.29, 1.82) is 0 Å². The second kappa shape index (κ2) is 5.85. The molecule has 1 unspecified atom stereocenters. The lowest BCUT2D eigenvalue weighted by Crippen LogP contribution is -2.66. The molecule has 6 atom stereocenters. The Morgan fingerprint density at radius 3 is 2.48 bits per heavy atom. The maximum absolute atomic E-state index is 13.2. The second-order valence-corrected chi connectivity index (χ2v) is 9.76. The van der Waals surface area contributed by atoms with Gasteiger partial charge >= 0.3 is 17.9 Å². The number of aliphatic hydroxyl groups is 1. The summed E-state index contributed by atoms with van der Waals surface area (Å²) in [5.41, 5.74) is -5.77. The highest BCUT2D eigenvalue weighted by atomic mass is 16.6. The van der Waals surface area contributed by atoms with Gasteiger partial charge in [0.25, 0.3) is 5.91 Å². The average molecular weight is 429 g/mol. The minimum Gasteiger partial charge on any atom is -0.461 e. The number of nitrogens with one attached hydrogen (secondary N) is 1. The van der Waals surface area contributed by atoms with Crippen LogP contribution in [0.5, 0.6) is 0 Å². The molecule has 0 aromatic heterocycles. The maximum Gasteiger partial charge on any atom is 0.338 e. The van der Waals surface area contributed by atoms with Gasteiger partial charge in [-0.05, 0) is 17.5 Å². The first-order valence-corrected chi connectivity index (χ1v) is 10.2. The fourth-order valence-corrected chi connectivity index (χ4v) is 6.17. The van der Waals surface area contributed by atoms with Gasteiger partial charge in [0.2, 0.25) is 0 Å². The molecule has 4 aliphatic rings. The summed E-state index contributed by atoms with van der Waals surface area (Å²) in [6.45, 7) is 5.28. The number of hydrogen-bond acceptors (Lipinski definition) is 8. The molecule has 0 radical (unpaired) electrons. The van der Waals surface area contributed by atoms with Crippen LogP contribution in [0.1, 0.15) is 44.0 Å². The van der Waals surface area contributed by atoms with Crippen LogP contribution in [-0.2, 0) is 28.6 Å². The van der Waals surface area contributed by atoms with E-state index in [-0.39, 0.29) is 18.4 Å². The number of ether oxygens (including phenoxy) is 3. The number of carbonyl (C=O) groups is 4. The third-order valence-electron chi connectivity index (χ3n) is 7.55. The van der Waals surface area contributed by atoms with Crippen LogP contribution in [0.4, 0.5) is 0 Å². The van der Waals surface area contributed by atoms with Crippen LogP contribution in [0.15, 0.2) is 30.3 Å². The van der Waals surface area contributed by atoms with Crippen molar-refractivity contribution < 1.29 is 38.5 Å². The van der Waals surface area contributed by atoms with Gasteiger partial charge in [-0.2, -0.15) is 0 Å². The van der Waals surface area contributed by atoms with E-state index in [1.165, 1.54) is 12.1 Å². The van der Waals surface area contributed by atoms with E-state index < -0.39 is 64.1 Å². The molecule has 9 heteroatoms. The Morgan fingerprint density at radius 2 is 1.84 bits per heavy atom. The zero-order chi connectivity index (χ0) is 22.4. The summed E-state index contributed by atoms with van der Waals surface area (Å²) in [6.07, 6.45) is -4.25. The van der Waals surface area contributed by atoms with Gasteiger partial charge in [0.1, 0.15) is 16.9 Å². The highest BCUT2D eigenvalue weighted by Gasteiger charge is 2.92. The van der Waals surface area contributed by atoms with E-state index in [4.69, 9.17) is 14.2 Å². The third-order valence-corrected chi connectivity index (χ3v) is 7.55. The summed E-state index contributed by atoms with van der Waals surface area (Å²) in [5, 5.41) is 14.7. The largest absolute Gasteiger partial charge is 0.461 e. The summed E-state index contributed by atoms with van der Waals surface area (Å²) in [7, 11) is 0. The van der Waals surface area contributed by atoms with E-state index >= 15 is 0 Å². The van der Waals surface area contributed by atoms with Crippen molar-refractivity contribution in [2.45, 2.75) is 57.6 Å². The smallest absolute Gasteiger partial charge is 0.338 e. The molecule has 3 saturated heterocycles. The van der Waals surface area contributed by atoms with E-state index in [1.54, 1.807) is 39.0 Å². The lowest BCUT2D eigenvalue weighted by Gasteiger charge is -2.51. The van der Waals surface area contributed by atoms with Crippen LogP contribution in [0.2, 0.25) is 0 Å². The van der Waals surface area contributed by atoms with Gasteiger partial charge in [0.05, 0.1) is 17.6 Å². The summed E-state index contributed by atoms with van der Waals surface area (Å²) < 4.78 is 16.7. The molecule has 2 N–H and O–H groups in total. The van der Waals surface area contributed by atoms with Gasteiger partial charge in [-0.25, -0.2) is 4.79 Å². The number of esters is 3. The molecule has 3 aliphatic heterocycles. The second-order valence-electron chi connectivity index (χ2n) is 9.76. The topological polar surface area (TPSA) is 128 Å². The molecule has 1 aromatic carbocycles. The van der Waals surface area contributed by atoms with Gasteiger partial charge < -0.3 is 24.6 Å². The fraction of sp³-hybridized carbons (Fsp3) is 0.545. The lowest BCUT2D eigenvalue weighted by atomic mass is 9.52. The zero-order valence-corrected chi connectivity index (χ0v) is 17.3. The van der Waals surface area contributed by atoms with Gasteiger partial charge in [0, 0.05) is 6.42 Å². The number of amides is 1. The van der Waals surface area contributed by atoms with Crippen molar-refractivity contribution in [3.05, 3.63) is 35.9 Å². The SMILES string of the molecule is CC(C)(C)[C@]1(O)C[C@@H]2OC(=O)C[C@@]23C(=O)O[C@@H]2NC(=O)[C@H](OC(=O)c4ccccc4)C213. The number of benzene rings is 1. The Labute approximate surface area is 178 Å². The molecule has 2 spiro atoms. The van der Waals surface area contributed by atoms with E-state index in [0.717, 1.165) is 0 Å². The molecule has 1 amide bonds. The normalized spacial score (nSPS) is 40.5. The minimum absolute atomic E-state index is 0.0812. The standard InChI is InChI=1S/C22H23NO8/c1-19(2,3)21(28)9-12-20(10-13(24)29-12)18(27)31-17-22(20,21)14(15(25)23-17)30-16(26)11-7-5-4-6-8-11/h4-8,12,14,17,28H,9-10H2,1-3H3,(H,23,25)/t12-,14-,17-,20-,21+,22?/m0/s1. The van der Waals surface area contributed by atoms with E-state index in [9.17, 15) is 24.3 Å². The van der Waals surface area contributed by atoms with E-state index in [1.807, 2.05) is 0 Å². The van der Waals surface area contributed by atoms with Gasteiger partial charge in [0.15, 0.2) is 12.3 Å². The quantitative estimate of drug-likeness (QED) is 0.519. The Balaban J connectivity index is 1.71. The number of hydrogen-bond donors (Lipinski definition) is 2. The highest BCUT2D eigenvalue weighted by Crippen LogP contribution is 2.75. The third kappa shape index (κ3) is 2.10. The summed E-state index contributed by atoms with van der Waals surface area (Å²) in [5.74, 6) is -2.83. The van der Waals surface area contributed by atoms with Crippen LogP contribution in [-0.4, -0.2) is 53.0 Å². The van der Waals surface area contributed by atoms with Crippen molar-refractivity contribution in [2.75, 3.05) is 0 Å². The molecule has 1 saturated carbocycles.